The number of hydrogen-bond donors (Lipinski definition) is 2. The number of phenols is 1. The van der Waals surface area contributed by atoms with Crippen molar-refractivity contribution >= 4 is 17.6 Å². The van der Waals surface area contributed by atoms with Crippen LogP contribution >= 0.6 is 0 Å². The largest absolute Gasteiger partial charge is 0.508 e. The Morgan fingerprint density at radius 1 is 1.12 bits per heavy atom. The highest BCUT2D eigenvalue weighted by atomic mass is 16.4. The van der Waals surface area contributed by atoms with Crippen LogP contribution in [-0.4, -0.2) is 32.8 Å². The lowest BCUT2D eigenvalue weighted by atomic mass is 9.97. The number of carbonyl (C=O) groups is 2. The molecule has 1 aliphatic heterocycles. The van der Waals surface area contributed by atoms with Crippen LogP contribution in [0.15, 0.2) is 53.6 Å². The number of nitrogens with zero attached hydrogens (tertiary/aromatic N) is 2. The highest BCUT2D eigenvalue weighted by molar-refractivity contribution is 6.03. The van der Waals surface area contributed by atoms with E-state index in [0.717, 1.165) is 16.8 Å². The first-order chi connectivity index (χ1) is 12.5. The highest BCUT2D eigenvalue weighted by Crippen LogP contribution is 2.37. The van der Waals surface area contributed by atoms with Crippen molar-refractivity contribution in [1.82, 2.24) is 5.01 Å². The molecule has 0 aromatic heterocycles. The summed E-state index contributed by atoms with van der Waals surface area (Å²) in [5, 5.41) is 24.8. The molecule has 1 heterocycles. The maximum atomic E-state index is 12.5. The molecule has 0 saturated carbocycles. The Hall–Kier alpha value is -3.15. The summed E-state index contributed by atoms with van der Waals surface area (Å²) in [6.07, 6.45) is 0.0712. The monoisotopic (exact) mass is 352 g/mol. The van der Waals surface area contributed by atoms with Crippen LogP contribution in [0.2, 0.25) is 0 Å². The number of hydrogen-bond acceptors (Lipinski definition) is 4. The summed E-state index contributed by atoms with van der Waals surface area (Å²) in [4.78, 5) is 23.3. The zero-order valence-electron chi connectivity index (χ0n) is 14.4. The normalized spacial score (nSPS) is 16.4. The van der Waals surface area contributed by atoms with Gasteiger partial charge in [-0.2, -0.15) is 5.10 Å². The molecule has 1 aliphatic rings. The molecule has 6 heteroatoms. The lowest BCUT2D eigenvalue weighted by molar-refractivity contribution is -0.141. The summed E-state index contributed by atoms with van der Waals surface area (Å²) < 4.78 is 0. The molecule has 2 aromatic carbocycles. The Morgan fingerprint density at radius 3 is 2.46 bits per heavy atom. The third-order valence-electron chi connectivity index (χ3n) is 4.40. The summed E-state index contributed by atoms with van der Waals surface area (Å²) in [6, 6.07) is 14.2. The Bertz CT molecular complexity index is 858. The third kappa shape index (κ3) is 3.74. The van der Waals surface area contributed by atoms with Crippen molar-refractivity contribution in [3.8, 4) is 5.75 Å². The van der Waals surface area contributed by atoms with E-state index in [2.05, 4.69) is 5.10 Å². The molecule has 2 N–H and O–H groups in total. The van der Waals surface area contributed by atoms with Gasteiger partial charge in [-0.15, -0.1) is 0 Å². The van der Waals surface area contributed by atoms with E-state index in [-0.39, 0.29) is 24.5 Å². The number of benzene rings is 2. The van der Waals surface area contributed by atoms with Gasteiger partial charge in [-0.3, -0.25) is 9.59 Å². The summed E-state index contributed by atoms with van der Waals surface area (Å²) >= 11 is 0. The molecular formula is C20H20N2O4. The molecule has 1 unspecified atom stereocenters. The van der Waals surface area contributed by atoms with E-state index in [1.165, 1.54) is 5.01 Å². The number of carboxylic acid groups (broad SMARTS) is 1. The van der Waals surface area contributed by atoms with Gasteiger partial charge in [0.1, 0.15) is 5.75 Å². The van der Waals surface area contributed by atoms with Gasteiger partial charge < -0.3 is 10.2 Å². The number of aryl methyl sites for hydroxylation is 1. The summed E-state index contributed by atoms with van der Waals surface area (Å²) in [5.41, 5.74) is 3.37. The molecule has 134 valence electrons. The van der Waals surface area contributed by atoms with E-state index < -0.39 is 12.0 Å². The zero-order valence-corrected chi connectivity index (χ0v) is 14.4. The molecule has 0 bridgehead atoms. The van der Waals surface area contributed by atoms with Crippen molar-refractivity contribution in [2.75, 3.05) is 0 Å². The molecular weight excluding hydrogens is 332 g/mol. The van der Waals surface area contributed by atoms with Crippen molar-refractivity contribution in [2.24, 2.45) is 5.10 Å². The standard InChI is InChI=1S/C20H20N2O4/c1-13-6-8-14(9-7-13)16-12-17(15-4-2-3-5-18(15)23)22(21-16)19(24)10-11-20(25)26/h2-9,17,23H,10-12H2,1H3,(H,25,26). The van der Waals surface area contributed by atoms with E-state index in [0.29, 0.717) is 12.0 Å². The topological polar surface area (TPSA) is 90.2 Å². The molecule has 26 heavy (non-hydrogen) atoms. The highest BCUT2D eigenvalue weighted by Gasteiger charge is 2.34. The van der Waals surface area contributed by atoms with E-state index >= 15 is 0 Å². The van der Waals surface area contributed by atoms with Crippen molar-refractivity contribution in [3.63, 3.8) is 0 Å². The lowest BCUT2D eigenvalue weighted by Crippen LogP contribution is -2.27. The second-order valence-electron chi connectivity index (χ2n) is 6.32. The summed E-state index contributed by atoms with van der Waals surface area (Å²) in [7, 11) is 0. The van der Waals surface area contributed by atoms with Crippen LogP contribution in [-0.2, 0) is 9.59 Å². The van der Waals surface area contributed by atoms with Gasteiger partial charge in [-0.05, 0) is 18.6 Å². The molecule has 0 aliphatic carbocycles. The molecule has 0 saturated heterocycles. The SMILES string of the molecule is Cc1ccc(C2=NN(C(=O)CCC(=O)O)C(c3ccccc3O)C2)cc1. The average Bonchev–Trinajstić information content (AvgIpc) is 3.06. The maximum Gasteiger partial charge on any atom is 0.303 e. The molecule has 6 nitrogen and oxygen atoms in total. The second kappa shape index (κ2) is 7.39. The first-order valence-electron chi connectivity index (χ1n) is 8.42. The minimum atomic E-state index is -1.03. The van der Waals surface area contributed by atoms with Crippen molar-refractivity contribution in [1.29, 1.82) is 0 Å². The minimum Gasteiger partial charge on any atom is -0.508 e. The Labute approximate surface area is 151 Å². The zero-order chi connectivity index (χ0) is 18.7. The Balaban J connectivity index is 1.93. The smallest absolute Gasteiger partial charge is 0.303 e. The second-order valence-corrected chi connectivity index (χ2v) is 6.32. The molecule has 2 aromatic rings. The van der Waals surface area contributed by atoms with Gasteiger partial charge in [0.25, 0.3) is 0 Å². The quantitative estimate of drug-likeness (QED) is 0.864. The van der Waals surface area contributed by atoms with Crippen LogP contribution in [0.3, 0.4) is 0 Å². The van der Waals surface area contributed by atoms with Crippen LogP contribution in [0.25, 0.3) is 0 Å². The van der Waals surface area contributed by atoms with E-state index in [9.17, 15) is 14.7 Å². The minimum absolute atomic E-state index is 0.0916. The van der Waals surface area contributed by atoms with Crippen LogP contribution in [0.4, 0.5) is 0 Å². The van der Waals surface area contributed by atoms with E-state index in [1.54, 1.807) is 24.3 Å². The number of aromatic hydroxyl groups is 1. The Kier molecular flexibility index (Phi) is 5.02. The molecule has 0 radical (unpaired) electrons. The van der Waals surface area contributed by atoms with Crippen LogP contribution in [0.1, 0.15) is 42.0 Å². The Morgan fingerprint density at radius 2 is 1.81 bits per heavy atom. The van der Waals surface area contributed by atoms with Gasteiger partial charge in [0.15, 0.2) is 0 Å². The number of phenolic OH excluding ortho intramolecular Hbond substituents is 1. The fourth-order valence-corrected chi connectivity index (χ4v) is 3.00. The third-order valence-corrected chi connectivity index (χ3v) is 4.40. The first kappa shape index (κ1) is 17.7. The van der Waals surface area contributed by atoms with Crippen molar-refractivity contribution in [2.45, 2.75) is 32.2 Å². The first-order valence-corrected chi connectivity index (χ1v) is 8.42. The molecule has 0 fully saturated rings. The van der Waals surface area contributed by atoms with E-state index in [4.69, 9.17) is 5.11 Å². The number of para-hydroxylation sites is 1. The maximum absolute atomic E-state index is 12.5. The van der Waals surface area contributed by atoms with E-state index in [1.807, 2.05) is 31.2 Å². The lowest BCUT2D eigenvalue weighted by Gasteiger charge is -2.22. The molecule has 0 spiro atoms. The van der Waals surface area contributed by atoms with Crippen molar-refractivity contribution in [3.05, 3.63) is 65.2 Å². The van der Waals surface area contributed by atoms with Gasteiger partial charge in [-0.1, -0.05) is 48.0 Å². The van der Waals surface area contributed by atoms with Gasteiger partial charge in [0.05, 0.1) is 18.2 Å². The van der Waals surface area contributed by atoms with Crippen LogP contribution < -0.4 is 0 Å². The number of hydrazone groups is 1. The predicted octanol–water partition coefficient (Wildman–Crippen LogP) is 3.24. The fourth-order valence-electron chi connectivity index (χ4n) is 3.00. The van der Waals surface area contributed by atoms with Gasteiger partial charge >= 0.3 is 5.97 Å². The predicted molar refractivity (Wildman–Crippen MR) is 96.9 cm³/mol. The molecule has 3 rings (SSSR count). The van der Waals surface area contributed by atoms with Crippen LogP contribution in [0.5, 0.6) is 5.75 Å². The average molecular weight is 352 g/mol. The molecule has 1 amide bonds. The summed E-state index contributed by atoms with van der Waals surface area (Å²) in [6.45, 7) is 1.99. The number of amides is 1. The van der Waals surface area contributed by atoms with Gasteiger partial charge in [0.2, 0.25) is 5.91 Å². The van der Waals surface area contributed by atoms with Gasteiger partial charge in [0, 0.05) is 18.4 Å². The number of rotatable bonds is 5. The number of carboxylic acids is 1. The molecule has 1 atom stereocenters. The van der Waals surface area contributed by atoms with Crippen LogP contribution in [0, 0.1) is 6.92 Å². The van der Waals surface area contributed by atoms with Crippen molar-refractivity contribution < 1.29 is 19.8 Å². The van der Waals surface area contributed by atoms with Gasteiger partial charge in [-0.25, -0.2) is 5.01 Å². The summed E-state index contributed by atoms with van der Waals surface area (Å²) in [5.74, 6) is -1.31. The number of aliphatic carboxylic acids is 1. The fraction of sp³-hybridized carbons (Fsp3) is 0.250. The number of carbonyl (C=O) groups excluding carboxylic acids is 1.